The van der Waals surface area contributed by atoms with Crippen LogP contribution in [0.4, 0.5) is 0 Å². The van der Waals surface area contributed by atoms with E-state index < -0.39 is 7.60 Å². The van der Waals surface area contributed by atoms with Gasteiger partial charge in [-0.1, -0.05) is 184 Å². The minimum absolute atomic E-state index is 0.00869. The third kappa shape index (κ3) is 27.7. The van der Waals surface area contributed by atoms with Crippen LogP contribution in [0.1, 0.15) is 187 Å². The molecule has 0 fully saturated rings. The summed E-state index contributed by atoms with van der Waals surface area (Å²) in [6, 6.07) is 0. The van der Waals surface area contributed by atoms with Crippen molar-refractivity contribution in [3.05, 3.63) is 0 Å². The molecule has 0 amide bonds. The van der Waals surface area contributed by atoms with Crippen LogP contribution in [0.2, 0.25) is 0 Å². The second-order valence-electron chi connectivity index (χ2n) is 11.6. The van der Waals surface area contributed by atoms with E-state index in [1.807, 2.05) is 0 Å². The van der Waals surface area contributed by atoms with Crippen LogP contribution < -0.4 is 0 Å². The maximum Gasteiger partial charge on any atom is 0.325 e. The normalized spacial score (nSPS) is 12.5. The molecular formula is C31H64BrO3P. The van der Waals surface area contributed by atoms with Crippen molar-refractivity contribution >= 4 is 23.5 Å². The van der Waals surface area contributed by atoms with Crippen LogP contribution in [-0.4, -0.2) is 20.3 Å². The number of rotatable bonds is 29. The second-order valence-corrected chi connectivity index (χ2v) is 15.0. The Morgan fingerprint density at radius 2 is 0.722 bits per heavy atom. The van der Waals surface area contributed by atoms with Crippen molar-refractivity contribution in [2.24, 2.45) is 0 Å². The summed E-state index contributed by atoms with van der Waals surface area (Å²) < 4.78 is 11.4. The largest absolute Gasteiger partial charge is 0.325 e. The lowest BCUT2D eigenvalue weighted by atomic mass is 9.91. The van der Waals surface area contributed by atoms with Gasteiger partial charge in [-0.25, -0.2) is 0 Å². The monoisotopic (exact) mass is 594 g/mol. The van der Waals surface area contributed by atoms with Gasteiger partial charge in [-0.2, -0.15) is 0 Å². The molecule has 0 heterocycles. The number of hydrogen-bond donors (Lipinski definition) is 2. The Bertz CT molecular complexity index is 466. The number of hydrogen-bond acceptors (Lipinski definition) is 1. The van der Waals surface area contributed by atoms with Crippen molar-refractivity contribution in [2.45, 2.75) is 192 Å². The third-order valence-corrected chi connectivity index (χ3v) is 9.80. The molecule has 0 unspecified atom stereocenters. The maximum atomic E-state index is 11.5. The van der Waals surface area contributed by atoms with Crippen LogP contribution in [0, 0.1) is 0 Å². The summed E-state index contributed by atoms with van der Waals surface area (Å²) in [4.78, 5) is 18.8. The van der Waals surface area contributed by atoms with E-state index in [0.717, 1.165) is 12.8 Å². The van der Waals surface area contributed by atoms with E-state index in [1.54, 1.807) is 0 Å². The summed E-state index contributed by atoms with van der Waals surface area (Å²) >= 11 is 3.95. The molecule has 0 aliphatic heterocycles. The van der Waals surface area contributed by atoms with E-state index in [1.165, 1.54) is 154 Å². The summed E-state index contributed by atoms with van der Waals surface area (Å²) in [7, 11) is -3.93. The molecule has 0 aliphatic rings. The Morgan fingerprint density at radius 1 is 0.472 bits per heavy atom. The molecule has 0 radical (unpaired) electrons. The van der Waals surface area contributed by atoms with E-state index in [2.05, 4.69) is 29.8 Å². The highest BCUT2D eigenvalue weighted by atomic mass is 79.9. The maximum absolute atomic E-state index is 11.5. The Kier molecular flexibility index (Phi) is 26.3. The van der Waals surface area contributed by atoms with Crippen molar-refractivity contribution in [1.82, 2.24) is 0 Å². The summed E-state index contributed by atoms with van der Waals surface area (Å²) in [5, 5.41) is 0. The van der Waals surface area contributed by atoms with Crippen LogP contribution in [-0.2, 0) is 4.57 Å². The van der Waals surface area contributed by atoms with Crippen molar-refractivity contribution in [3.8, 4) is 0 Å². The Balaban J connectivity index is 3.91. The molecule has 0 bridgehead atoms. The average molecular weight is 596 g/mol. The fourth-order valence-corrected chi connectivity index (χ4v) is 7.07. The van der Waals surface area contributed by atoms with E-state index in [0.29, 0.717) is 6.42 Å². The minimum Gasteiger partial charge on any atom is -0.324 e. The molecule has 0 aromatic carbocycles. The zero-order valence-electron chi connectivity index (χ0n) is 24.4. The van der Waals surface area contributed by atoms with E-state index in [9.17, 15) is 14.4 Å². The predicted octanol–water partition coefficient (Wildman–Crippen LogP) is 11.9. The van der Waals surface area contributed by atoms with E-state index >= 15 is 0 Å². The summed E-state index contributed by atoms with van der Waals surface area (Å²) in [6.45, 7) is 4.55. The molecule has 0 spiro atoms. The van der Waals surface area contributed by atoms with E-state index in [4.69, 9.17) is 0 Å². The van der Waals surface area contributed by atoms with E-state index in [-0.39, 0.29) is 10.5 Å². The molecule has 0 aromatic heterocycles. The van der Waals surface area contributed by atoms with Gasteiger partial charge in [-0.15, -0.1) is 0 Å². The Hall–Kier alpha value is 0.630. The summed E-state index contributed by atoms with van der Waals surface area (Å²) in [5.74, 6) is 0. The highest BCUT2D eigenvalue weighted by molar-refractivity contribution is 9.10. The van der Waals surface area contributed by atoms with Gasteiger partial charge in [0.05, 0.1) is 6.16 Å². The van der Waals surface area contributed by atoms with Gasteiger partial charge in [0.1, 0.15) is 0 Å². The first-order valence-corrected chi connectivity index (χ1v) is 18.7. The lowest BCUT2D eigenvalue weighted by molar-refractivity contribution is 0.362. The van der Waals surface area contributed by atoms with Crippen LogP contribution in [0.5, 0.6) is 0 Å². The SMILES string of the molecule is CCCCCCCCCCCCCCC(Br)(CCCCCCCCCCCCCC)CCP(=O)(O)O. The predicted molar refractivity (Wildman–Crippen MR) is 165 cm³/mol. The van der Waals surface area contributed by atoms with Gasteiger partial charge in [0.2, 0.25) is 0 Å². The Labute approximate surface area is 235 Å². The smallest absolute Gasteiger partial charge is 0.324 e. The molecule has 0 aromatic rings. The molecule has 218 valence electrons. The molecule has 0 saturated carbocycles. The number of halogens is 1. The van der Waals surface area contributed by atoms with Gasteiger partial charge in [-0.3, -0.25) is 4.57 Å². The molecule has 0 saturated heterocycles. The zero-order valence-corrected chi connectivity index (χ0v) is 26.9. The topological polar surface area (TPSA) is 57.5 Å². The minimum atomic E-state index is -3.93. The van der Waals surface area contributed by atoms with Crippen LogP contribution >= 0.6 is 23.5 Å². The average Bonchev–Trinajstić information content (AvgIpc) is 2.84. The molecule has 36 heavy (non-hydrogen) atoms. The molecule has 2 N–H and O–H groups in total. The van der Waals surface area contributed by atoms with Gasteiger partial charge < -0.3 is 9.79 Å². The molecule has 0 aliphatic carbocycles. The summed E-state index contributed by atoms with van der Waals surface area (Å²) in [5.41, 5.74) is 0. The standard InChI is InChI=1S/C31H64BrO3P/c1-3-5-7-9-11-13-15-17-19-21-23-25-27-31(32,29-30-36(33,34)35)28-26-24-22-20-18-16-14-12-10-8-6-4-2/h3-30H2,1-2H3,(H2,33,34,35). The first kappa shape index (κ1) is 36.6. The second kappa shape index (κ2) is 25.9. The third-order valence-electron chi connectivity index (χ3n) is 7.81. The van der Waals surface area contributed by atoms with Crippen molar-refractivity contribution in [3.63, 3.8) is 0 Å². The van der Waals surface area contributed by atoms with Crippen LogP contribution in [0.15, 0.2) is 0 Å². The number of alkyl halides is 1. The highest BCUT2D eigenvalue weighted by Gasteiger charge is 2.29. The van der Waals surface area contributed by atoms with Gasteiger partial charge in [0.25, 0.3) is 0 Å². The summed E-state index contributed by atoms with van der Waals surface area (Å²) in [6.07, 6.45) is 35.0. The van der Waals surface area contributed by atoms with Crippen molar-refractivity contribution < 1.29 is 14.4 Å². The van der Waals surface area contributed by atoms with Crippen LogP contribution in [0.25, 0.3) is 0 Å². The Morgan fingerprint density at radius 3 is 0.972 bits per heavy atom. The fourth-order valence-electron chi connectivity index (χ4n) is 5.29. The molecule has 0 rings (SSSR count). The van der Waals surface area contributed by atoms with Crippen molar-refractivity contribution in [2.75, 3.05) is 6.16 Å². The lowest BCUT2D eigenvalue weighted by Crippen LogP contribution is -2.22. The van der Waals surface area contributed by atoms with Gasteiger partial charge >= 0.3 is 7.60 Å². The van der Waals surface area contributed by atoms with Gasteiger partial charge in [0, 0.05) is 4.32 Å². The first-order valence-electron chi connectivity index (χ1n) is 16.1. The highest BCUT2D eigenvalue weighted by Crippen LogP contribution is 2.43. The number of unbranched alkanes of at least 4 members (excludes halogenated alkanes) is 22. The zero-order chi connectivity index (χ0) is 26.8. The molecular weight excluding hydrogens is 531 g/mol. The first-order chi connectivity index (χ1) is 17.3. The molecule has 0 atom stereocenters. The van der Waals surface area contributed by atoms with Crippen LogP contribution in [0.3, 0.4) is 0 Å². The van der Waals surface area contributed by atoms with Gasteiger partial charge in [0.15, 0.2) is 0 Å². The van der Waals surface area contributed by atoms with Gasteiger partial charge in [-0.05, 0) is 19.3 Å². The lowest BCUT2D eigenvalue weighted by Gasteiger charge is -2.28. The quantitative estimate of drug-likeness (QED) is 0.0514. The molecule has 5 heteroatoms. The van der Waals surface area contributed by atoms with Crippen molar-refractivity contribution in [1.29, 1.82) is 0 Å². The fraction of sp³-hybridized carbons (Fsp3) is 1.00. The molecule has 3 nitrogen and oxygen atoms in total.